The molecule has 5 rings (SSSR count). The Morgan fingerprint density at radius 1 is 1.06 bits per heavy atom. The van der Waals surface area contributed by atoms with Crippen molar-refractivity contribution in [3.63, 3.8) is 0 Å². The van der Waals surface area contributed by atoms with Crippen LogP contribution in [0.1, 0.15) is 40.0 Å². The van der Waals surface area contributed by atoms with Crippen molar-refractivity contribution in [1.82, 2.24) is 4.90 Å². The largest absolute Gasteiger partial charge is 0.490 e. The van der Waals surface area contributed by atoms with Gasteiger partial charge in [-0.1, -0.05) is 12.1 Å². The summed E-state index contributed by atoms with van der Waals surface area (Å²) in [5.41, 5.74) is -0.605. The van der Waals surface area contributed by atoms with Crippen LogP contribution < -0.4 is 14.4 Å². The average Bonchev–Trinajstić information content (AvgIpc) is 3.02. The lowest BCUT2D eigenvalue weighted by Crippen LogP contribution is -2.67. The maximum Gasteiger partial charge on any atom is 0.354 e. The monoisotopic (exact) mass is 450 g/mol. The highest BCUT2D eigenvalue weighted by Gasteiger charge is 2.60. The quantitative estimate of drug-likeness (QED) is 0.520. The second-order valence-corrected chi connectivity index (χ2v) is 8.14. The van der Waals surface area contributed by atoms with Gasteiger partial charge >= 0.3 is 5.97 Å². The number of esters is 1. The summed E-state index contributed by atoms with van der Waals surface area (Å²) in [7, 11) is 1.47. The van der Waals surface area contributed by atoms with Gasteiger partial charge in [-0.15, -0.1) is 0 Å². The first-order valence-electron chi connectivity index (χ1n) is 10.7. The van der Waals surface area contributed by atoms with E-state index in [-0.39, 0.29) is 24.7 Å². The fourth-order valence-corrected chi connectivity index (χ4v) is 4.56. The summed E-state index contributed by atoms with van der Waals surface area (Å²) >= 11 is 0. The van der Waals surface area contributed by atoms with Gasteiger partial charge in [0.2, 0.25) is 11.6 Å². The highest BCUT2D eigenvalue weighted by molar-refractivity contribution is 6.15. The predicted octanol–water partition coefficient (Wildman–Crippen LogP) is 2.18. The van der Waals surface area contributed by atoms with Crippen molar-refractivity contribution < 1.29 is 33.4 Å². The van der Waals surface area contributed by atoms with E-state index in [2.05, 4.69) is 0 Å². The van der Waals surface area contributed by atoms with E-state index in [0.717, 1.165) is 6.42 Å². The lowest BCUT2D eigenvalue weighted by Gasteiger charge is -2.46. The summed E-state index contributed by atoms with van der Waals surface area (Å²) in [6.07, 6.45) is 0.902. The third-order valence-corrected chi connectivity index (χ3v) is 6.27. The van der Waals surface area contributed by atoms with Crippen LogP contribution in [-0.2, 0) is 14.3 Å². The predicted molar refractivity (Wildman–Crippen MR) is 115 cm³/mol. The van der Waals surface area contributed by atoms with Gasteiger partial charge in [-0.2, -0.15) is 0 Å². The van der Waals surface area contributed by atoms with Gasteiger partial charge in [-0.25, -0.2) is 4.79 Å². The van der Waals surface area contributed by atoms with Gasteiger partial charge in [0.05, 0.1) is 24.5 Å². The standard InChI is InChI=1S/C24H22N2O7/c1-25-22(29)16-5-2-3-6-17(16)26-21(28)9-10-24(25,26)23(30)33-14-18(27)15-7-8-19-20(13-15)32-12-4-11-31-19/h2-3,5-8,13H,4,9-12,14H2,1H3. The molecule has 0 saturated carbocycles. The number of rotatable bonds is 4. The van der Waals surface area contributed by atoms with E-state index in [1.54, 1.807) is 42.5 Å². The minimum absolute atomic E-state index is 0.0805. The van der Waals surface area contributed by atoms with Crippen LogP contribution in [-0.4, -0.2) is 61.0 Å². The van der Waals surface area contributed by atoms with Crippen molar-refractivity contribution in [2.24, 2.45) is 0 Å². The highest BCUT2D eigenvalue weighted by Crippen LogP contribution is 2.44. The summed E-state index contributed by atoms with van der Waals surface area (Å²) < 4.78 is 16.6. The van der Waals surface area contributed by atoms with E-state index in [0.29, 0.717) is 41.5 Å². The zero-order valence-electron chi connectivity index (χ0n) is 18.0. The Morgan fingerprint density at radius 3 is 2.64 bits per heavy atom. The number of anilines is 1. The molecule has 9 heteroatoms. The van der Waals surface area contributed by atoms with Gasteiger partial charge in [0.25, 0.3) is 5.91 Å². The Bertz CT molecular complexity index is 1180. The molecule has 170 valence electrons. The second-order valence-electron chi connectivity index (χ2n) is 8.14. The Balaban J connectivity index is 1.38. The molecule has 0 aromatic heterocycles. The molecule has 3 aliphatic rings. The molecular weight excluding hydrogens is 428 g/mol. The third-order valence-electron chi connectivity index (χ3n) is 6.27. The zero-order valence-corrected chi connectivity index (χ0v) is 18.0. The topological polar surface area (TPSA) is 102 Å². The van der Waals surface area contributed by atoms with Crippen LogP contribution in [0.25, 0.3) is 0 Å². The molecule has 1 atom stereocenters. The van der Waals surface area contributed by atoms with Crippen molar-refractivity contribution in [3.05, 3.63) is 53.6 Å². The number of nitrogens with zero attached hydrogens (tertiary/aromatic N) is 2. The molecule has 1 saturated heterocycles. The van der Waals surface area contributed by atoms with Gasteiger partial charge in [-0.05, 0) is 30.3 Å². The van der Waals surface area contributed by atoms with E-state index >= 15 is 0 Å². The summed E-state index contributed by atoms with van der Waals surface area (Å²) in [5, 5.41) is 0. The van der Waals surface area contributed by atoms with Gasteiger partial charge in [-0.3, -0.25) is 19.3 Å². The lowest BCUT2D eigenvalue weighted by molar-refractivity contribution is -0.155. The number of ketones is 1. The SMILES string of the molecule is CN1C(=O)c2ccccc2N2C(=O)CCC12C(=O)OCC(=O)c1ccc2c(c1)OCCCO2. The lowest BCUT2D eigenvalue weighted by atomic mass is 9.97. The molecule has 0 N–H and O–H groups in total. The molecule has 0 aliphatic carbocycles. The molecule has 2 amide bonds. The molecule has 0 bridgehead atoms. The number of carbonyl (C=O) groups excluding carboxylic acids is 4. The van der Waals surface area contributed by atoms with E-state index in [9.17, 15) is 19.2 Å². The Labute approximate surface area is 189 Å². The summed E-state index contributed by atoms with van der Waals surface area (Å²) in [5.74, 6) is -0.903. The van der Waals surface area contributed by atoms with E-state index in [1.165, 1.54) is 16.8 Å². The van der Waals surface area contributed by atoms with Crippen LogP contribution >= 0.6 is 0 Å². The molecule has 2 aromatic rings. The van der Waals surface area contributed by atoms with Crippen LogP contribution in [0.2, 0.25) is 0 Å². The molecule has 0 radical (unpaired) electrons. The first-order chi connectivity index (χ1) is 15.9. The van der Waals surface area contributed by atoms with Gasteiger partial charge in [0.15, 0.2) is 23.9 Å². The molecule has 0 spiro atoms. The zero-order chi connectivity index (χ0) is 23.2. The number of hydrogen-bond donors (Lipinski definition) is 0. The van der Waals surface area contributed by atoms with E-state index in [4.69, 9.17) is 14.2 Å². The highest BCUT2D eigenvalue weighted by atomic mass is 16.5. The van der Waals surface area contributed by atoms with Crippen molar-refractivity contribution in [2.45, 2.75) is 24.9 Å². The Kier molecular flexibility index (Phi) is 5.03. The van der Waals surface area contributed by atoms with Crippen molar-refractivity contribution in [3.8, 4) is 11.5 Å². The molecular formula is C24H22N2O7. The van der Waals surface area contributed by atoms with Crippen molar-refractivity contribution in [1.29, 1.82) is 0 Å². The van der Waals surface area contributed by atoms with Gasteiger partial charge < -0.3 is 19.1 Å². The Morgan fingerprint density at radius 2 is 1.82 bits per heavy atom. The van der Waals surface area contributed by atoms with Gasteiger partial charge in [0, 0.05) is 31.9 Å². The second kappa shape index (κ2) is 7.91. The fourth-order valence-electron chi connectivity index (χ4n) is 4.56. The van der Waals surface area contributed by atoms with E-state index in [1.807, 2.05) is 0 Å². The Hall–Kier alpha value is -3.88. The smallest absolute Gasteiger partial charge is 0.354 e. The molecule has 1 unspecified atom stereocenters. The van der Waals surface area contributed by atoms with Crippen molar-refractivity contribution in [2.75, 3.05) is 31.8 Å². The van der Waals surface area contributed by atoms with Crippen LogP contribution in [0.3, 0.4) is 0 Å². The number of Topliss-reactive ketones (excluding diaryl/α,β-unsaturated/α-hetero) is 1. The molecule has 3 heterocycles. The van der Waals surface area contributed by atoms with Crippen LogP contribution in [0.5, 0.6) is 11.5 Å². The van der Waals surface area contributed by atoms with Crippen LogP contribution in [0.4, 0.5) is 5.69 Å². The number of hydrogen-bond acceptors (Lipinski definition) is 7. The van der Waals surface area contributed by atoms with Crippen LogP contribution in [0.15, 0.2) is 42.5 Å². The first-order valence-corrected chi connectivity index (χ1v) is 10.7. The summed E-state index contributed by atoms with van der Waals surface area (Å²) in [4.78, 5) is 54.4. The average molecular weight is 450 g/mol. The molecule has 3 aliphatic heterocycles. The number of carbonyl (C=O) groups is 4. The number of para-hydroxylation sites is 1. The van der Waals surface area contributed by atoms with E-state index < -0.39 is 24.0 Å². The maximum atomic E-state index is 13.3. The summed E-state index contributed by atoms with van der Waals surface area (Å²) in [6, 6.07) is 11.4. The fraction of sp³-hybridized carbons (Fsp3) is 0.333. The van der Waals surface area contributed by atoms with Crippen LogP contribution in [0, 0.1) is 0 Å². The third kappa shape index (κ3) is 3.23. The normalized spacial score (nSPS) is 21.2. The minimum Gasteiger partial charge on any atom is -0.490 e. The number of ether oxygens (including phenoxy) is 3. The molecule has 2 aromatic carbocycles. The van der Waals surface area contributed by atoms with Gasteiger partial charge in [0.1, 0.15) is 0 Å². The maximum absolute atomic E-state index is 13.3. The number of likely N-dealkylation sites (N-methyl/N-ethyl adjacent to an activating group) is 1. The number of benzene rings is 2. The van der Waals surface area contributed by atoms with Crippen molar-refractivity contribution >= 4 is 29.3 Å². The molecule has 1 fully saturated rings. The number of amides is 2. The minimum atomic E-state index is -1.62. The summed E-state index contributed by atoms with van der Waals surface area (Å²) in [6.45, 7) is 0.477. The number of fused-ring (bicyclic) bond motifs is 4. The molecule has 9 nitrogen and oxygen atoms in total. The first kappa shape index (κ1) is 21.0. The molecule has 33 heavy (non-hydrogen) atoms.